The van der Waals surface area contributed by atoms with Crippen LogP contribution in [0.5, 0.6) is 0 Å². The van der Waals surface area contributed by atoms with Crippen molar-refractivity contribution >= 4 is 5.95 Å². The summed E-state index contributed by atoms with van der Waals surface area (Å²) in [7, 11) is 0. The molecule has 1 fully saturated rings. The lowest BCUT2D eigenvalue weighted by Crippen LogP contribution is -2.48. The molecule has 0 spiro atoms. The van der Waals surface area contributed by atoms with Gasteiger partial charge in [-0.2, -0.15) is 0 Å². The number of nitrogens with two attached hydrogens (primary N) is 1. The molecule has 1 aliphatic heterocycles. The van der Waals surface area contributed by atoms with Gasteiger partial charge in [-0.15, -0.1) is 0 Å². The van der Waals surface area contributed by atoms with Crippen LogP contribution in [-0.4, -0.2) is 54.1 Å². The lowest BCUT2D eigenvalue weighted by Gasteiger charge is -2.34. The van der Waals surface area contributed by atoms with E-state index >= 15 is 0 Å². The second-order valence-electron chi connectivity index (χ2n) is 4.57. The smallest absolute Gasteiger partial charge is 0.225 e. The molecule has 5 heteroatoms. The Bertz CT molecular complexity index is 351. The third kappa shape index (κ3) is 3.14. The summed E-state index contributed by atoms with van der Waals surface area (Å²) in [4.78, 5) is 13.6. The molecule has 0 atom stereocenters. The lowest BCUT2D eigenvalue weighted by atomic mass is 10.3. The number of rotatable bonds is 3. The molecule has 1 aromatic rings. The van der Waals surface area contributed by atoms with E-state index in [1.54, 1.807) is 0 Å². The van der Waals surface area contributed by atoms with Gasteiger partial charge in [0.05, 0.1) is 0 Å². The van der Waals surface area contributed by atoms with Crippen LogP contribution < -0.4 is 10.6 Å². The molecule has 0 aromatic carbocycles. The fourth-order valence-electron chi connectivity index (χ4n) is 2.20. The topological polar surface area (TPSA) is 58.3 Å². The van der Waals surface area contributed by atoms with Crippen molar-refractivity contribution in [1.82, 2.24) is 14.9 Å². The van der Waals surface area contributed by atoms with Gasteiger partial charge < -0.3 is 10.6 Å². The van der Waals surface area contributed by atoms with E-state index in [1.165, 1.54) is 0 Å². The molecule has 0 amide bonds. The molecule has 2 rings (SSSR count). The van der Waals surface area contributed by atoms with Crippen LogP contribution >= 0.6 is 0 Å². The fraction of sp³-hybridized carbons (Fsp3) is 0.667. The van der Waals surface area contributed by atoms with E-state index in [4.69, 9.17) is 5.73 Å². The van der Waals surface area contributed by atoms with E-state index in [0.29, 0.717) is 0 Å². The van der Waals surface area contributed by atoms with Crippen molar-refractivity contribution in [2.45, 2.75) is 13.8 Å². The van der Waals surface area contributed by atoms with Gasteiger partial charge in [-0.1, -0.05) is 0 Å². The summed E-state index contributed by atoms with van der Waals surface area (Å²) in [6, 6.07) is 2.01. The van der Waals surface area contributed by atoms with Gasteiger partial charge >= 0.3 is 0 Å². The highest BCUT2D eigenvalue weighted by Crippen LogP contribution is 2.12. The summed E-state index contributed by atoms with van der Waals surface area (Å²) in [5.74, 6) is 0.870. The summed E-state index contributed by atoms with van der Waals surface area (Å²) >= 11 is 0. The number of hydrogen-bond donors (Lipinski definition) is 1. The summed E-state index contributed by atoms with van der Waals surface area (Å²) < 4.78 is 0. The molecule has 0 bridgehead atoms. The van der Waals surface area contributed by atoms with Crippen molar-refractivity contribution in [1.29, 1.82) is 0 Å². The van der Waals surface area contributed by atoms with E-state index in [9.17, 15) is 0 Å². The lowest BCUT2D eigenvalue weighted by molar-refractivity contribution is 0.263. The summed E-state index contributed by atoms with van der Waals surface area (Å²) in [6.45, 7) is 9.83. The first-order chi connectivity index (χ1) is 8.19. The van der Waals surface area contributed by atoms with Crippen LogP contribution in [0.3, 0.4) is 0 Å². The number of piperazine rings is 1. The van der Waals surface area contributed by atoms with Gasteiger partial charge in [0, 0.05) is 50.7 Å². The Hall–Kier alpha value is -1.20. The molecule has 94 valence electrons. The first-order valence-electron chi connectivity index (χ1n) is 6.18. The summed E-state index contributed by atoms with van der Waals surface area (Å²) in [5, 5.41) is 0. The van der Waals surface area contributed by atoms with Gasteiger partial charge in [0.25, 0.3) is 0 Å². The molecule has 0 saturated carbocycles. The SMILES string of the molecule is Cc1cc(C)nc(N2CCN(CCN)CC2)n1. The van der Waals surface area contributed by atoms with Crippen molar-refractivity contribution < 1.29 is 0 Å². The fourth-order valence-corrected chi connectivity index (χ4v) is 2.20. The Morgan fingerprint density at radius 1 is 1.12 bits per heavy atom. The van der Waals surface area contributed by atoms with Crippen LogP contribution in [0.1, 0.15) is 11.4 Å². The van der Waals surface area contributed by atoms with Crippen LogP contribution in [0.4, 0.5) is 5.95 Å². The van der Waals surface area contributed by atoms with E-state index in [2.05, 4.69) is 19.8 Å². The van der Waals surface area contributed by atoms with Crippen molar-refractivity contribution in [2.75, 3.05) is 44.2 Å². The highest BCUT2D eigenvalue weighted by atomic mass is 15.3. The quantitative estimate of drug-likeness (QED) is 0.809. The van der Waals surface area contributed by atoms with Crippen LogP contribution in [0.15, 0.2) is 6.07 Å². The predicted molar refractivity (Wildman–Crippen MR) is 69.2 cm³/mol. The number of anilines is 1. The number of nitrogens with zero attached hydrogens (tertiary/aromatic N) is 4. The van der Waals surface area contributed by atoms with Crippen molar-refractivity contribution in [3.63, 3.8) is 0 Å². The van der Waals surface area contributed by atoms with Crippen molar-refractivity contribution in [3.05, 3.63) is 17.5 Å². The van der Waals surface area contributed by atoms with Crippen LogP contribution in [0.2, 0.25) is 0 Å². The molecule has 2 N–H and O–H groups in total. The molecule has 17 heavy (non-hydrogen) atoms. The second-order valence-corrected chi connectivity index (χ2v) is 4.57. The maximum Gasteiger partial charge on any atom is 0.225 e. The van der Waals surface area contributed by atoms with E-state index in [1.807, 2.05) is 19.9 Å². The molecule has 1 saturated heterocycles. The Balaban J connectivity index is 2.00. The average Bonchev–Trinajstić information content (AvgIpc) is 2.29. The molecule has 0 radical (unpaired) electrons. The normalized spacial score (nSPS) is 17.5. The largest absolute Gasteiger partial charge is 0.338 e. The van der Waals surface area contributed by atoms with Gasteiger partial charge in [0.2, 0.25) is 5.95 Å². The molecular formula is C12H21N5. The van der Waals surface area contributed by atoms with Gasteiger partial charge in [-0.05, 0) is 19.9 Å². The van der Waals surface area contributed by atoms with Gasteiger partial charge in [0.15, 0.2) is 0 Å². The molecule has 2 heterocycles. The standard InChI is InChI=1S/C12H21N5/c1-10-9-11(2)15-12(14-10)17-7-5-16(4-3-13)6-8-17/h9H,3-8,13H2,1-2H3. The van der Waals surface area contributed by atoms with Crippen molar-refractivity contribution in [2.24, 2.45) is 5.73 Å². The third-order valence-corrected chi connectivity index (χ3v) is 3.07. The maximum absolute atomic E-state index is 5.56. The molecule has 1 aromatic heterocycles. The van der Waals surface area contributed by atoms with Crippen LogP contribution in [-0.2, 0) is 0 Å². The molecular weight excluding hydrogens is 214 g/mol. The number of aromatic nitrogens is 2. The predicted octanol–water partition coefficient (Wildman–Crippen LogP) is 0.174. The minimum absolute atomic E-state index is 0.736. The Morgan fingerprint density at radius 2 is 1.71 bits per heavy atom. The zero-order valence-electron chi connectivity index (χ0n) is 10.7. The van der Waals surface area contributed by atoms with Crippen molar-refractivity contribution in [3.8, 4) is 0 Å². The zero-order valence-corrected chi connectivity index (χ0v) is 10.7. The van der Waals surface area contributed by atoms with Gasteiger partial charge in [-0.25, -0.2) is 9.97 Å². The first-order valence-corrected chi connectivity index (χ1v) is 6.18. The number of aryl methyl sites for hydroxylation is 2. The van der Waals surface area contributed by atoms with E-state index < -0.39 is 0 Å². The minimum Gasteiger partial charge on any atom is -0.338 e. The first kappa shape index (κ1) is 12.3. The Kier molecular flexibility index (Phi) is 3.91. The molecule has 0 unspecified atom stereocenters. The van der Waals surface area contributed by atoms with Crippen LogP contribution in [0.25, 0.3) is 0 Å². The molecule has 1 aliphatic rings. The second kappa shape index (κ2) is 5.42. The monoisotopic (exact) mass is 235 g/mol. The summed E-state index contributed by atoms with van der Waals surface area (Å²) in [5.41, 5.74) is 7.64. The highest BCUT2D eigenvalue weighted by molar-refractivity contribution is 5.32. The van der Waals surface area contributed by atoms with Crippen LogP contribution in [0, 0.1) is 13.8 Å². The number of hydrogen-bond acceptors (Lipinski definition) is 5. The maximum atomic E-state index is 5.56. The Labute approximate surface area is 103 Å². The minimum atomic E-state index is 0.736. The third-order valence-electron chi connectivity index (χ3n) is 3.07. The van der Waals surface area contributed by atoms with E-state index in [0.717, 1.165) is 56.6 Å². The highest BCUT2D eigenvalue weighted by Gasteiger charge is 2.18. The average molecular weight is 235 g/mol. The van der Waals surface area contributed by atoms with Gasteiger partial charge in [-0.3, -0.25) is 4.90 Å². The Morgan fingerprint density at radius 3 is 2.24 bits per heavy atom. The molecule has 0 aliphatic carbocycles. The van der Waals surface area contributed by atoms with Gasteiger partial charge in [0.1, 0.15) is 0 Å². The summed E-state index contributed by atoms with van der Waals surface area (Å²) in [6.07, 6.45) is 0. The van der Waals surface area contributed by atoms with E-state index in [-0.39, 0.29) is 0 Å². The zero-order chi connectivity index (χ0) is 12.3. The molecule has 5 nitrogen and oxygen atoms in total.